The molecule has 11 nitrogen and oxygen atoms in total. The molecule has 0 radical (unpaired) electrons. The molecule has 12 heteroatoms. The van der Waals surface area contributed by atoms with Gasteiger partial charge in [0.05, 0.1) is 30.2 Å². The normalized spacial score (nSPS) is 15.0. The summed E-state index contributed by atoms with van der Waals surface area (Å²) in [6.45, 7) is 4.42. The van der Waals surface area contributed by atoms with E-state index in [-0.39, 0.29) is 0 Å². The van der Waals surface area contributed by atoms with E-state index in [0.29, 0.717) is 18.2 Å². The molecule has 0 bridgehead atoms. The molecule has 186 valence electrons. The van der Waals surface area contributed by atoms with E-state index in [1.54, 1.807) is 18.3 Å². The van der Waals surface area contributed by atoms with Crippen LogP contribution in [-0.4, -0.2) is 45.6 Å². The molecule has 0 atom stereocenters. The van der Waals surface area contributed by atoms with Gasteiger partial charge in [-0.15, -0.1) is 0 Å². The highest BCUT2D eigenvalue weighted by Gasteiger charge is 2.21. The minimum atomic E-state index is 0.440. The second-order valence-electron chi connectivity index (χ2n) is 9.37. The number of nitrogens with zero attached hydrogens (tertiary/aromatic N) is 8. The monoisotopic (exact) mass is 511 g/mol. The maximum absolute atomic E-state index is 6.37. The van der Waals surface area contributed by atoms with Crippen molar-refractivity contribution in [3.63, 3.8) is 0 Å². The Morgan fingerprint density at radius 1 is 1.08 bits per heavy atom. The van der Waals surface area contributed by atoms with Crippen molar-refractivity contribution in [2.24, 2.45) is 0 Å². The molecule has 5 aromatic heterocycles. The van der Waals surface area contributed by atoms with Gasteiger partial charge in [0, 0.05) is 72.6 Å². The molecule has 4 N–H and O–H groups in total. The standard InChI is InChI=1S/C25H25N11S/c1-14-17(10-28-20-12-34(2)37-33-24(14)20)19-7-15-8-21(29-11-18(15)25(26)30-19)31-22-9-16-3-5-35-6-4-27-23(35)13-36(16)32-22/h4,6-11,33H,3,5,12-13H2,1-2H3,(H2,26,30)(H,29,31,32). The second-order valence-corrected chi connectivity index (χ2v) is 10.4. The fourth-order valence-corrected chi connectivity index (χ4v) is 5.67. The number of hydrogen-bond acceptors (Lipinski definition) is 10. The molecule has 2 aliphatic rings. The highest BCUT2D eigenvalue weighted by atomic mass is 32.2. The number of imidazole rings is 1. The van der Waals surface area contributed by atoms with Gasteiger partial charge >= 0.3 is 0 Å². The van der Waals surface area contributed by atoms with E-state index in [4.69, 9.17) is 15.8 Å². The summed E-state index contributed by atoms with van der Waals surface area (Å²) >= 11 is 1.56. The minimum Gasteiger partial charge on any atom is -0.383 e. The number of nitrogens with one attached hydrogen (secondary N) is 2. The molecule has 5 aromatic rings. The van der Waals surface area contributed by atoms with Gasteiger partial charge in [-0.2, -0.15) is 5.10 Å². The van der Waals surface area contributed by atoms with E-state index in [9.17, 15) is 0 Å². The molecule has 2 aliphatic heterocycles. The quantitative estimate of drug-likeness (QED) is 0.308. The Kier molecular flexibility index (Phi) is 5.04. The van der Waals surface area contributed by atoms with Crippen molar-refractivity contribution >= 4 is 46.0 Å². The van der Waals surface area contributed by atoms with Gasteiger partial charge in [0.15, 0.2) is 5.82 Å². The van der Waals surface area contributed by atoms with Gasteiger partial charge in [-0.1, -0.05) is 0 Å². The van der Waals surface area contributed by atoms with E-state index in [1.165, 1.54) is 0 Å². The molecular formula is C25H25N11S. The van der Waals surface area contributed by atoms with Crippen LogP contribution in [0.25, 0.3) is 22.0 Å². The summed E-state index contributed by atoms with van der Waals surface area (Å²) in [5.41, 5.74) is 12.4. The zero-order chi connectivity index (χ0) is 25.1. The maximum atomic E-state index is 6.37. The number of pyridine rings is 3. The first-order chi connectivity index (χ1) is 18.0. The molecule has 0 saturated heterocycles. The third-order valence-corrected chi connectivity index (χ3v) is 7.67. The van der Waals surface area contributed by atoms with E-state index >= 15 is 0 Å². The van der Waals surface area contributed by atoms with Crippen LogP contribution in [0.15, 0.2) is 43.0 Å². The van der Waals surface area contributed by atoms with Gasteiger partial charge in [0.1, 0.15) is 17.5 Å². The predicted molar refractivity (Wildman–Crippen MR) is 145 cm³/mol. The van der Waals surface area contributed by atoms with Crippen LogP contribution in [0.1, 0.15) is 22.8 Å². The van der Waals surface area contributed by atoms with E-state index in [0.717, 1.165) is 75.8 Å². The molecule has 0 aromatic carbocycles. The fourth-order valence-electron chi connectivity index (χ4n) is 4.97. The summed E-state index contributed by atoms with van der Waals surface area (Å²) in [6.07, 6.45) is 8.40. The molecule has 37 heavy (non-hydrogen) atoms. The lowest BCUT2D eigenvalue weighted by Gasteiger charge is -2.26. The van der Waals surface area contributed by atoms with Crippen LogP contribution in [0.2, 0.25) is 0 Å². The first-order valence-corrected chi connectivity index (χ1v) is 12.8. The lowest BCUT2D eigenvalue weighted by atomic mass is 10.0. The SMILES string of the molecule is Cc1c(-c2cc3cc(Nc4cc5n(n4)Cc4nccn4CC5)ncc3c(N)n2)cnc2c1NSN(C)C2. The lowest BCUT2D eigenvalue weighted by Crippen LogP contribution is -2.20. The van der Waals surface area contributed by atoms with Gasteiger partial charge in [0.2, 0.25) is 0 Å². The number of aromatic nitrogens is 7. The Morgan fingerprint density at radius 2 is 2.00 bits per heavy atom. The lowest BCUT2D eigenvalue weighted by molar-refractivity contribution is 0.551. The highest BCUT2D eigenvalue weighted by molar-refractivity contribution is 7.98. The summed E-state index contributed by atoms with van der Waals surface area (Å²) < 4.78 is 9.68. The molecule has 0 aliphatic carbocycles. The number of fused-ring (bicyclic) bond motifs is 4. The summed E-state index contributed by atoms with van der Waals surface area (Å²) in [4.78, 5) is 18.4. The summed E-state index contributed by atoms with van der Waals surface area (Å²) in [7, 11) is 2.03. The van der Waals surface area contributed by atoms with Gasteiger partial charge in [0.25, 0.3) is 0 Å². The average molecular weight is 512 g/mol. The number of aryl methyl sites for hydroxylation is 2. The van der Waals surface area contributed by atoms with Crippen LogP contribution < -0.4 is 15.8 Å². The van der Waals surface area contributed by atoms with E-state index in [2.05, 4.69) is 46.9 Å². The number of nitrogen functional groups attached to an aromatic ring is 1. The van der Waals surface area contributed by atoms with Crippen molar-refractivity contribution in [3.05, 3.63) is 65.8 Å². The summed E-state index contributed by atoms with van der Waals surface area (Å²) in [5, 5.41) is 9.88. The largest absolute Gasteiger partial charge is 0.383 e. The zero-order valence-electron chi connectivity index (χ0n) is 20.4. The Bertz CT molecular complexity index is 1670. The van der Waals surface area contributed by atoms with E-state index < -0.39 is 0 Å². The molecule has 0 unspecified atom stereocenters. The smallest absolute Gasteiger partial charge is 0.153 e. The predicted octanol–water partition coefficient (Wildman–Crippen LogP) is 3.74. The van der Waals surface area contributed by atoms with Crippen molar-refractivity contribution in [1.29, 1.82) is 0 Å². The molecule has 0 saturated carbocycles. The Morgan fingerprint density at radius 3 is 2.92 bits per heavy atom. The third-order valence-electron chi connectivity index (χ3n) is 6.94. The van der Waals surface area contributed by atoms with Crippen molar-refractivity contribution in [2.45, 2.75) is 33.0 Å². The van der Waals surface area contributed by atoms with Crippen molar-refractivity contribution in [1.82, 2.24) is 38.6 Å². The Balaban J connectivity index is 1.21. The Hall–Kier alpha value is -4.16. The van der Waals surface area contributed by atoms with Crippen LogP contribution in [0.5, 0.6) is 0 Å². The van der Waals surface area contributed by atoms with Crippen LogP contribution >= 0.6 is 12.1 Å². The fraction of sp³-hybridized carbons (Fsp3) is 0.240. The first kappa shape index (κ1) is 22.1. The molecular weight excluding hydrogens is 486 g/mol. The van der Waals surface area contributed by atoms with Crippen LogP contribution in [-0.2, 0) is 26.1 Å². The molecule has 0 fully saturated rings. The Labute approximate surface area is 217 Å². The van der Waals surface area contributed by atoms with Crippen LogP contribution in [0.3, 0.4) is 0 Å². The van der Waals surface area contributed by atoms with Crippen molar-refractivity contribution in [2.75, 3.05) is 22.8 Å². The molecule has 0 amide bonds. The van der Waals surface area contributed by atoms with Gasteiger partial charge in [-0.3, -0.25) is 9.67 Å². The third kappa shape index (κ3) is 3.85. The maximum Gasteiger partial charge on any atom is 0.153 e. The van der Waals surface area contributed by atoms with E-state index in [1.807, 2.05) is 42.5 Å². The van der Waals surface area contributed by atoms with Crippen molar-refractivity contribution < 1.29 is 0 Å². The number of rotatable bonds is 3. The average Bonchev–Trinajstić information content (AvgIpc) is 3.45. The number of anilines is 4. The number of nitrogens with two attached hydrogens (primary N) is 1. The topological polar surface area (TPSA) is 128 Å². The van der Waals surface area contributed by atoms with Crippen molar-refractivity contribution in [3.8, 4) is 11.3 Å². The van der Waals surface area contributed by atoms with Crippen LogP contribution in [0, 0.1) is 6.92 Å². The van der Waals surface area contributed by atoms with Gasteiger partial charge in [-0.25, -0.2) is 19.3 Å². The minimum absolute atomic E-state index is 0.440. The summed E-state index contributed by atoms with van der Waals surface area (Å²) in [5.74, 6) is 2.91. The highest BCUT2D eigenvalue weighted by Crippen LogP contribution is 2.36. The zero-order valence-corrected chi connectivity index (χ0v) is 21.2. The second kappa shape index (κ2) is 8.46. The molecule has 0 spiro atoms. The first-order valence-electron chi connectivity index (χ1n) is 12.0. The van der Waals surface area contributed by atoms with Crippen LogP contribution in [0.4, 0.5) is 23.1 Å². The molecule has 7 rings (SSSR count). The summed E-state index contributed by atoms with van der Waals surface area (Å²) in [6, 6.07) is 6.10. The van der Waals surface area contributed by atoms with Gasteiger partial charge in [-0.05, 0) is 37.1 Å². The number of hydrogen-bond donors (Lipinski definition) is 3. The van der Waals surface area contributed by atoms with Gasteiger partial charge < -0.3 is 20.3 Å². The molecule has 7 heterocycles.